The highest BCUT2D eigenvalue weighted by Gasteiger charge is 2.36. The van der Waals surface area contributed by atoms with Gasteiger partial charge < -0.3 is 14.5 Å². The van der Waals surface area contributed by atoms with Gasteiger partial charge in [-0.25, -0.2) is 0 Å². The maximum absolute atomic E-state index is 5.97. The van der Waals surface area contributed by atoms with Crippen LogP contribution in [0.15, 0.2) is 16.5 Å². The zero-order chi connectivity index (χ0) is 15.5. The van der Waals surface area contributed by atoms with E-state index in [2.05, 4.69) is 43.1 Å². The van der Waals surface area contributed by atoms with E-state index in [0.717, 1.165) is 51.1 Å². The summed E-state index contributed by atoms with van der Waals surface area (Å²) in [5.41, 5.74) is 0. The highest BCUT2D eigenvalue weighted by atomic mass is 16.5. The van der Waals surface area contributed by atoms with Gasteiger partial charge in [0.25, 0.3) is 0 Å². The molecule has 2 fully saturated rings. The molecule has 1 aromatic rings. The van der Waals surface area contributed by atoms with Gasteiger partial charge in [-0.1, -0.05) is 20.8 Å². The number of furan rings is 1. The molecule has 1 saturated heterocycles. The maximum Gasteiger partial charge on any atom is 0.117 e. The molecular formula is C18H30N2O2. The lowest BCUT2D eigenvalue weighted by atomic mass is 10.0. The Labute approximate surface area is 134 Å². The first kappa shape index (κ1) is 16.0. The minimum absolute atomic E-state index is 0.571. The van der Waals surface area contributed by atoms with Crippen molar-refractivity contribution in [3.8, 4) is 0 Å². The zero-order valence-corrected chi connectivity index (χ0v) is 14.2. The van der Waals surface area contributed by atoms with Gasteiger partial charge in [-0.05, 0) is 30.4 Å². The first-order valence-corrected chi connectivity index (χ1v) is 8.76. The molecule has 4 nitrogen and oxygen atoms in total. The van der Waals surface area contributed by atoms with Crippen LogP contribution < -0.4 is 5.32 Å². The van der Waals surface area contributed by atoms with Crippen molar-refractivity contribution in [2.75, 3.05) is 32.8 Å². The van der Waals surface area contributed by atoms with E-state index in [1.165, 1.54) is 12.2 Å². The third-order valence-corrected chi connectivity index (χ3v) is 5.09. The SMILES string of the molecule is CC(C)C(CNCc1ccc(C2CC2C)o1)N1CCOCC1. The van der Waals surface area contributed by atoms with Crippen LogP contribution >= 0.6 is 0 Å². The molecule has 3 atom stereocenters. The number of rotatable bonds is 7. The molecule has 2 heterocycles. The van der Waals surface area contributed by atoms with E-state index in [1.54, 1.807) is 0 Å². The van der Waals surface area contributed by atoms with Crippen LogP contribution in [0.25, 0.3) is 0 Å². The summed E-state index contributed by atoms with van der Waals surface area (Å²) in [6.07, 6.45) is 1.28. The summed E-state index contributed by atoms with van der Waals surface area (Å²) >= 11 is 0. The summed E-state index contributed by atoms with van der Waals surface area (Å²) in [5.74, 6) is 4.37. The van der Waals surface area contributed by atoms with Crippen LogP contribution in [0.5, 0.6) is 0 Å². The number of morpholine rings is 1. The van der Waals surface area contributed by atoms with E-state index in [1.807, 2.05) is 0 Å². The third kappa shape index (κ3) is 3.92. The zero-order valence-electron chi connectivity index (χ0n) is 14.2. The predicted octanol–water partition coefficient (Wildman–Crippen LogP) is 2.85. The molecule has 3 rings (SSSR count). The van der Waals surface area contributed by atoms with Crippen molar-refractivity contribution in [2.45, 2.75) is 45.7 Å². The van der Waals surface area contributed by atoms with Crippen molar-refractivity contribution < 1.29 is 9.15 Å². The molecule has 2 aliphatic rings. The molecule has 3 unspecified atom stereocenters. The van der Waals surface area contributed by atoms with Gasteiger partial charge >= 0.3 is 0 Å². The Morgan fingerprint density at radius 3 is 2.64 bits per heavy atom. The Hall–Kier alpha value is -0.840. The van der Waals surface area contributed by atoms with Crippen molar-refractivity contribution in [3.05, 3.63) is 23.7 Å². The van der Waals surface area contributed by atoms with Crippen LogP contribution in [-0.4, -0.2) is 43.8 Å². The molecule has 1 aromatic heterocycles. The van der Waals surface area contributed by atoms with Crippen LogP contribution in [-0.2, 0) is 11.3 Å². The Morgan fingerprint density at radius 1 is 1.27 bits per heavy atom. The molecule has 0 bridgehead atoms. The topological polar surface area (TPSA) is 37.6 Å². The summed E-state index contributed by atoms with van der Waals surface area (Å²) in [4.78, 5) is 2.56. The maximum atomic E-state index is 5.97. The van der Waals surface area contributed by atoms with Crippen LogP contribution in [0.4, 0.5) is 0 Å². The van der Waals surface area contributed by atoms with Gasteiger partial charge in [-0.3, -0.25) is 4.90 Å². The van der Waals surface area contributed by atoms with Crippen LogP contribution in [0.2, 0.25) is 0 Å². The average molecular weight is 306 g/mol. The first-order chi connectivity index (χ1) is 10.6. The molecule has 1 N–H and O–H groups in total. The van der Waals surface area contributed by atoms with Crippen molar-refractivity contribution in [2.24, 2.45) is 11.8 Å². The monoisotopic (exact) mass is 306 g/mol. The van der Waals surface area contributed by atoms with Crippen molar-refractivity contribution in [3.63, 3.8) is 0 Å². The molecule has 124 valence electrons. The van der Waals surface area contributed by atoms with E-state index in [9.17, 15) is 0 Å². The smallest absolute Gasteiger partial charge is 0.117 e. The lowest BCUT2D eigenvalue weighted by Gasteiger charge is -2.37. The molecule has 1 aliphatic carbocycles. The van der Waals surface area contributed by atoms with Crippen LogP contribution in [0.1, 0.15) is 44.6 Å². The number of ether oxygens (including phenoxy) is 1. The van der Waals surface area contributed by atoms with Gasteiger partial charge in [0, 0.05) is 31.6 Å². The summed E-state index contributed by atoms with van der Waals surface area (Å²) in [6.45, 7) is 12.6. The molecule has 22 heavy (non-hydrogen) atoms. The molecule has 0 aromatic carbocycles. The van der Waals surface area contributed by atoms with E-state index in [-0.39, 0.29) is 0 Å². The van der Waals surface area contributed by atoms with Gasteiger partial charge in [0.2, 0.25) is 0 Å². The lowest BCUT2D eigenvalue weighted by Crippen LogP contribution is -2.50. The highest BCUT2D eigenvalue weighted by molar-refractivity contribution is 5.17. The fourth-order valence-corrected chi connectivity index (χ4v) is 3.45. The van der Waals surface area contributed by atoms with Gasteiger partial charge in [0.1, 0.15) is 11.5 Å². The summed E-state index contributed by atoms with van der Waals surface area (Å²) in [7, 11) is 0. The van der Waals surface area contributed by atoms with Gasteiger partial charge in [-0.2, -0.15) is 0 Å². The Kier molecular flexibility index (Phi) is 5.21. The molecule has 0 radical (unpaired) electrons. The normalized spacial score (nSPS) is 27.3. The number of hydrogen-bond donors (Lipinski definition) is 1. The van der Waals surface area contributed by atoms with Gasteiger partial charge in [-0.15, -0.1) is 0 Å². The van der Waals surface area contributed by atoms with E-state index >= 15 is 0 Å². The highest BCUT2D eigenvalue weighted by Crippen LogP contribution is 2.47. The fourth-order valence-electron chi connectivity index (χ4n) is 3.45. The Morgan fingerprint density at radius 2 is 2.00 bits per heavy atom. The quantitative estimate of drug-likeness (QED) is 0.840. The lowest BCUT2D eigenvalue weighted by molar-refractivity contribution is 0.00639. The average Bonchev–Trinajstić information content (AvgIpc) is 3.06. The second-order valence-corrected chi connectivity index (χ2v) is 7.21. The number of hydrogen-bond acceptors (Lipinski definition) is 4. The first-order valence-electron chi connectivity index (χ1n) is 8.76. The largest absolute Gasteiger partial charge is 0.464 e. The minimum Gasteiger partial charge on any atom is -0.464 e. The van der Waals surface area contributed by atoms with Crippen molar-refractivity contribution in [1.29, 1.82) is 0 Å². The molecule has 0 spiro atoms. The molecular weight excluding hydrogens is 276 g/mol. The molecule has 4 heteroatoms. The standard InChI is InChI=1S/C18H30N2O2/c1-13(2)17(20-6-8-21-9-7-20)12-19-11-15-4-5-18(22-15)16-10-14(16)3/h4-5,13-14,16-17,19H,6-12H2,1-3H3. The van der Waals surface area contributed by atoms with E-state index < -0.39 is 0 Å². The van der Waals surface area contributed by atoms with E-state index in [4.69, 9.17) is 9.15 Å². The fraction of sp³-hybridized carbons (Fsp3) is 0.778. The minimum atomic E-state index is 0.571. The van der Waals surface area contributed by atoms with E-state index in [0.29, 0.717) is 17.9 Å². The van der Waals surface area contributed by atoms with Gasteiger partial charge in [0.15, 0.2) is 0 Å². The molecule has 1 aliphatic heterocycles. The summed E-state index contributed by atoms with van der Waals surface area (Å²) < 4.78 is 11.4. The Bertz CT molecular complexity index is 465. The summed E-state index contributed by atoms with van der Waals surface area (Å²) in [6, 6.07) is 4.86. The predicted molar refractivity (Wildman–Crippen MR) is 88.0 cm³/mol. The second-order valence-electron chi connectivity index (χ2n) is 7.21. The van der Waals surface area contributed by atoms with Crippen molar-refractivity contribution >= 4 is 0 Å². The van der Waals surface area contributed by atoms with Crippen LogP contribution in [0.3, 0.4) is 0 Å². The number of nitrogens with one attached hydrogen (secondary N) is 1. The second kappa shape index (κ2) is 7.16. The Balaban J connectivity index is 1.46. The molecule has 1 saturated carbocycles. The summed E-state index contributed by atoms with van der Waals surface area (Å²) in [5, 5.41) is 3.59. The molecule has 0 amide bonds. The van der Waals surface area contributed by atoms with Gasteiger partial charge in [0.05, 0.1) is 19.8 Å². The van der Waals surface area contributed by atoms with Crippen molar-refractivity contribution in [1.82, 2.24) is 10.2 Å². The van der Waals surface area contributed by atoms with Crippen LogP contribution in [0, 0.1) is 11.8 Å². The number of nitrogens with zero attached hydrogens (tertiary/aromatic N) is 1. The third-order valence-electron chi connectivity index (χ3n) is 5.09.